The van der Waals surface area contributed by atoms with Gasteiger partial charge in [-0.3, -0.25) is 4.79 Å². The van der Waals surface area contributed by atoms with E-state index >= 15 is 0 Å². The molecule has 4 aromatic rings. The fourth-order valence-corrected chi connectivity index (χ4v) is 3.80. The number of hydrogen-bond acceptors (Lipinski definition) is 8. The van der Waals surface area contributed by atoms with Crippen molar-refractivity contribution in [2.75, 3.05) is 48.8 Å². The van der Waals surface area contributed by atoms with Gasteiger partial charge in [-0.05, 0) is 43.4 Å². The summed E-state index contributed by atoms with van der Waals surface area (Å²) in [6.07, 6.45) is 1.54. The number of anilines is 4. The number of carbonyl (C=O) groups is 1. The molecule has 182 valence electrons. The molecular weight excluding hydrogens is 459 g/mol. The third-order valence-corrected chi connectivity index (χ3v) is 5.79. The highest BCUT2D eigenvalue weighted by Gasteiger charge is 2.19. The molecule has 0 bridgehead atoms. The normalized spacial score (nSPS) is 13.9. The van der Waals surface area contributed by atoms with E-state index in [-0.39, 0.29) is 17.7 Å². The van der Waals surface area contributed by atoms with Gasteiger partial charge in [-0.1, -0.05) is 30.3 Å². The number of rotatable bonds is 6. The van der Waals surface area contributed by atoms with Gasteiger partial charge >= 0.3 is 0 Å². The molecule has 0 atom stereocenters. The number of hydrogen-bond donors (Lipinski definition) is 2. The summed E-state index contributed by atoms with van der Waals surface area (Å²) in [6.45, 7) is 3.28. The van der Waals surface area contributed by atoms with Gasteiger partial charge in [0.2, 0.25) is 11.9 Å². The summed E-state index contributed by atoms with van der Waals surface area (Å²) in [7, 11) is 2.07. The summed E-state index contributed by atoms with van der Waals surface area (Å²) in [4.78, 5) is 35.1. The van der Waals surface area contributed by atoms with Gasteiger partial charge in [0.05, 0.1) is 0 Å². The Kier molecular flexibility index (Phi) is 6.76. The Labute approximate surface area is 208 Å². The van der Waals surface area contributed by atoms with Crippen molar-refractivity contribution in [2.45, 2.75) is 0 Å². The fourth-order valence-electron chi connectivity index (χ4n) is 3.80. The minimum absolute atomic E-state index is 0.256. The van der Waals surface area contributed by atoms with Crippen LogP contribution in [-0.4, -0.2) is 64.0 Å². The zero-order valence-electron chi connectivity index (χ0n) is 19.7. The van der Waals surface area contributed by atoms with Gasteiger partial charge in [0.1, 0.15) is 11.6 Å². The van der Waals surface area contributed by atoms with Gasteiger partial charge in [-0.2, -0.15) is 15.0 Å². The number of benzene rings is 2. The number of nitrogens with one attached hydrogen (secondary N) is 2. The van der Waals surface area contributed by atoms with Crippen LogP contribution in [0.2, 0.25) is 0 Å². The molecule has 2 aromatic carbocycles. The molecule has 9 nitrogen and oxygen atoms in total. The molecule has 1 aliphatic rings. The topological polar surface area (TPSA) is 99.2 Å². The smallest absolute Gasteiger partial charge is 0.255 e. The number of amides is 1. The Morgan fingerprint density at radius 3 is 2.50 bits per heavy atom. The molecule has 0 unspecified atom stereocenters. The van der Waals surface area contributed by atoms with Gasteiger partial charge in [-0.25, -0.2) is 9.37 Å². The molecule has 1 amide bonds. The highest BCUT2D eigenvalue weighted by molar-refractivity contribution is 6.04. The van der Waals surface area contributed by atoms with E-state index in [0.29, 0.717) is 34.4 Å². The molecule has 5 rings (SSSR count). The number of para-hydroxylation sites is 1. The second kappa shape index (κ2) is 10.4. The third kappa shape index (κ3) is 5.61. The van der Waals surface area contributed by atoms with Gasteiger partial charge in [-0.15, -0.1) is 0 Å². The molecule has 0 radical (unpaired) electrons. The van der Waals surface area contributed by atoms with E-state index in [0.717, 1.165) is 26.2 Å². The molecule has 2 N–H and O–H groups in total. The van der Waals surface area contributed by atoms with Crippen molar-refractivity contribution in [3.8, 4) is 11.4 Å². The first-order valence-corrected chi connectivity index (χ1v) is 11.6. The molecule has 0 spiro atoms. The molecule has 1 saturated heterocycles. The first-order valence-electron chi connectivity index (χ1n) is 11.6. The molecular formula is C26H25FN8O. The van der Waals surface area contributed by atoms with Crippen LogP contribution in [0.25, 0.3) is 11.4 Å². The Bertz CT molecular complexity index is 1360. The Morgan fingerprint density at radius 2 is 1.72 bits per heavy atom. The molecule has 0 saturated carbocycles. The number of pyridine rings is 1. The van der Waals surface area contributed by atoms with Gasteiger partial charge < -0.3 is 20.4 Å². The number of halogens is 1. The van der Waals surface area contributed by atoms with Crippen LogP contribution in [0.3, 0.4) is 0 Å². The highest BCUT2D eigenvalue weighted by Crippen LogP contribution is 2.23. The molecule has 0 aliphatic carbocycles. The maximum Gasteiger partial charge on any atom is 0.255 e. The zero-order chi connectivity index (χ0) is 24.9. The predicted molar refractivity (Wildman–Crippen MR) is 137 cm³/mol. The summed E-state index contributed by atoms with van der Waals surface area (Å²) < 4.78 is 13.9. The lowest BCUT2D eigenvalue weighted by Gasteiger charge is -2.32. The van der Waals surface area contributed by atoms with Crippen molar-refractivity contribution in [1.29, 1.82) is 0 Å². The monoisotopic (exact) mass is 484 g/mol. The van der Waals surface area contributed by atoms with Crippen molar-refractivity contribution in [3.05, 3.63) is 84.3 Å². The van der Waals surface area contributed by atoms with Crippen LogP contribution in [0.15, 0.2) is 72.9 Å². The van der Waals surface area contributed by atoms with Gasteiger partial charge in [0.15, 0.2) is 5.82 Å². The van der Waals surface area contributed by atoms with E-state index < -0.39 is 0 Å². The second-order valence-electron chi connectivity index (χ2n) is 8.46. The molecule has 3 heterocycles. The standard InChI is InChI=1S/C26H25FN8O/c1-34-12-14-35(15-13-34)26-32-23(18-6-5-7-20(27)16-18)31-25(33-26)30-22-17-19(10-11-28-22)24(36)29-21-8-3-2-4-9-21/h2-11,16-17H,12-15H2,1H3,(H,29,36)(H,28,30,31,32,33). The number of aromatic nitrogens is 4. The van der Waals surface area contributed by atoms with Crippen LogP contribution in [0.1, 0.15) is 10.4 Å². The third-order valence-electron chi connectivity index (χ3n) is 5.79. The van der Waals surface area contributed by atoms with Crippen molar-refractivity contribution in [2.24, 2.45) is 0 Å². The minimum Gasteiger partial charge on any atom is -0.338 e. The first-order chi connectivity index (χ1) is 17.5. The number of nitrogens with zero attached hydrogens (tertiary/aromatic N) is 6. The summed E-state index contributed by atoms with van der Waals surface area (Å²) in [5.41, 5.74) is 1.66. The average Bonchev–Trinajstić information content (AvgIpc) is 2.90. The lowest BCUT2D eigenvalue weighted by Crippen LogP contribution is -2.45. The van der Waals surface area contributed by atoms with Crippen LogP contribution in [0, 0.1) is 5.82 Å². The van der Waals surface area contributed by atoms with Crippen molar-refractivity contribution < 1.29 is 9.18 Å². The van der Waals surface area contributed by atoms with Gasteiger partial charge in [0, 0.05) is 49.2 Å². The largest absolute Gasteiger partial charge is 0.338 e. The summed E-state index contributed by atoms with van der Waals surface area (Å²) in [5.74, 6) is 0.864. The molecule has 10 heteroatoms. The molecule has 1 fully saturated rings. The maximum atomic E-state index is 13.9. The van der Waals surface area contributed by atoms with E-state index in [2.05, 4.69) is 47.4 Å². The second-order valence-corrected chi connectivity index (χ2v) is 8.46. The Morgan fingerprint density at radius 1 is 0.917 bits per heavy atom. The van der Waals surface area contributed by atoms with Crippen LogP contribution in [0.4, 0.5) is 27.8 Å². The van der Waals surface area contributed by atoms with E-state index in [1.54, 1.807) is 24.3 Å². The van der Waals surface area contributed by atoms with E-state index in [1.165, 1.54) is 18.3 Å². The average molecular weight is 485 g/mol. The fraction of sp³-hybridized carbons (Fsp3) is 0.192. The molecule has 2 aromatic heterocycles. The number of carbonyl (C=O) groups excluding carboxylic acids is 1. The van der Waals surface area contributed by atoms with E-state index in [9.17, 15) is 9.18 Å². The van der Waals surface area contributed by atoms with E-state index in [4.69, 9.17) is 0 Å². The van der Waals surface area contributed by atoms with Crippen molar-refractivity contribution >= 4 is 29.3 Å². The SMILES string of the molecule is CN1CCN(c2nc(Nc3cc(C(=O)Nc4ccccc4)ccn3)nc(-c3cccc(F)c3)n2)CC1. The minimum atomic E-state index is -0.373. The Balaban J connectivity index is 1.43. The lowest BCUT2D eigenvalue weighted by molar-refractivity contribution is 0.102. The lowest BCUT2D eigenvalue weighted by atomic mass is 10.2. The van der Waals surface area contributed by atoms with Crippen LogP contribution in [0.5, 0.6) is 0 Å². The Hall–Kier alpha value is -4.44. The quantitative estimate of drug-likeness (QED) is 0.426. The zero-order valence-corrected chi connectivity index (χ0v) is 19.7. The summed E-state index contributed by atoms with van der Waals surface area (Å²) >= 11 is 0. The summed E-state index contributed by atoms with van der Waals surface area (Å²) in [5, 5.41) is 5.95. The molecule has 36 heavy (non-hydrogen) atoms. The summed E-state index contributed by atoms with van der Waals surface area (Å²) in [6, 6.07) is 18.6. The van der Waals surface area contributed by atoms with E-state index in [1.807, 2.05) is 30.3 Å². The molecule has 1 aliphatic heterocycles. The van der Waals surface area contributed by atoms with Gasteiger partial charge in [0.25, 0.3) is 5.91 Å². The number of piperazine rings is 1. The van der Waals surface area contributed by atoms with Crippen LogP contribution < -0.4 is 15.5 Å². The predicted octanol–water partition coefficient (Wildman–Crippen LogP) is 3.82. The van der Waals surface area contributed by atoms with Crippen LogP contribution in [-0.2, 0) is 0 Å². The van der Waals surface area contributed by atoms with Crippen molar-refractivity contribution in [3.63, 3.8) is 0 Å². The van der Waals surface area contributed by atoms with Crippen LogP contribution >= 0.6 is 0 Å². The number of likely N-dealkylation sites (N-methyl/N-ethyl adjacent to an activating group) is 1. The van der Waals surface area contributed by atoms with Crippen molar-refractivity contribution in [1.82, 2.24) is 24.8 Å². The highest BCUT2D eigenvalue weighted by atomic mass is 19.1. The first kappa shape index (κ1) is 23.3. The maximum absolute atomic E-state index is 13.9.